The molecule has 1 atom stereocenters. The Hall–Kier alpha value is -0.200. The number of rotatable bonds is 8. The van der Waals surface area contributed by atoms with Gasteiger partial charge in [0, 0.05) is 19.1 Å². The van der Waals surface area contributed by atoms with E-state index >= 15 is 0 Å². The van der Waals surface area contributed by atoms with Gasteiger partial charge in [0.15, 0.2) is 0 Å². The van der Waals surface area contributed by atoms with E-state index in [9.17, 15) is 0 Å². The van der Waals surface area contributed by atoms with E-state index < -0.39 is 0 Å². The van der Waals surface area contributed by atoms with Crippen LogP contribution in [0, 0.1) is 0 Å². The van der Waals surface area contributed by atoms with E-state index in [0.29, 0.717) is 19.1 Å². The molecule has 16 heavy (non-hydrogen) atoms. The Balaban J connectivity index is 2.14. The fraction of sp³-hybridized carbons (Fsp3) is 1.00. The third kappa shape index (κ3) is 5.77. The van der Waals surface area contributed by atoms with Crippen LogP contribution in [0.4, 0.5) is 0 Å². The zero-order valence-electron chi connectivity index (χ0n) is 10.2. The van der Waals surface area contributed by atoms with Gasteiger partial charge in [-0.1, -0.05) is 19.3 Å². The molecule has 5 nitrogen and oxygen atoms in total. The van der Waals surface area contributed by atoms with Crippen molar-refractivity contribution in [3.05, 3.63) is 0 Å². The van der Waals surface area contributed by atoms with E-state index in [1.165, 1.54) is 32.1 Å². The predicted molar refractivity (Wildman–Crippen MR) is 67.7 cm³/mol. The van der Waals surface area contributed by atoms with Crippen molar-refractivity contribution in [2.75, 3.05) is 19.6 Å². The van der Waals surface area contributed by atoms with Crippen molar-refractivity contribution < 1.29 is 0 Å². The van der Waals surface area contributed by atoms with Crippen molar-refractivity contribution in [1.82, 2.24) is 16.2 Å². The Morgan fingerprint density at radius 2 is 1.81 bits per heavy atom. The lowest BCUT2D eigenvalue weighted by molar-refractivity contribution is 0.280. The first kappa shape index (κ1) is 13.9. The molecule has 0 spiro atoms. The van der Waals surface area contributed by atoms with Gasteiger partial charge in [-0.2, -0.15) is 0 Å². The normalized spacial score (nSPS) is 19.9. The molecule has 0 amide bonds. The summed E-state index contributed by atoms with van der Waals surface area (Å²) in [5.74, 6) is 0. The van der Waals surface area contributed by atoms with Gasteiger partial charge < -0.3 is 11.5 Å². The number of nitrogens with two attached hydrogens (primary N) is 2. The molecule has 5 heteroatoms. The lowest BCUT2D eigenvalue weighted by Gasteiger charge is -2.27. The summed E-state index contributed by atoms with van der Waals surface area (Å²) < 4.78 is 0. The minimum absolute atomic E-state index is 0.232. The van der Waals surface area contributed by atoms with Crippen LogP contribution in [0.5, 0.6) is 0 Å². The highest BCUT2D eigenvalue weighted by Crippen LogP contribution is 2.16. The highest BCUT2D eigenvalue weighted by atomic mass is 15.4. The topological polar surface area (TPSA) is 88.1 Å². The maximum absolute atomic E-state index is 5.57. The van der Waals surface area contributed by atoms with Crippen molar-refractivity contribution in [2.24, 2.45) is 11.5 Å². The maximum Gasteiger partial charge on any atom is 0.0716 e. The standard InChI is InChI=1S/C11H27N5/c12-7-6-11(14-9-8-13)16-15-10-4-2-1-3-5-10/h10-11,14-16H,1-9,12-13H2. The molecule has 0 aromatic carbocycles. The van der Waals surface area contributed by atoms with Gasteiger partial charge in [-0.05, 0) is 25.8 Å². The molecule has 0 aromatic rings. The SMILES string of the molecule is NCCNC(CCN)NNC1CCCCC1. The molecular weight excluding hydrogens is 202 g/mol. The van der Waals surface area contributed by atoms with Gasteiger partial charge in [-0.25, -0.2) is 5.43 Å². The molecule has 0 heterocycles. The smallest absolute Gasteiger partial charge is 0.0716 e. The zero-order valence-corrected chi connectivity index (χ0v) is 10.2. The van der Waals surface area contributed by atoms with E-state index in [1.807, 2.05) is 0 Å². The molecule has 1 rings (SSSR count). The zero-order chi connectivity index (χ0) is 11.6. The highest BCUT2D eigenvalue weighted by molar-refractivity contribution is 4.72. The number of nitrogens with one attached hydrogen (secondary N) is 3. The third-order valence-corrected chi connectivity index (χ3v) is 3.06. The summed E-state index contributed by atoms with van der Waals surface area (Å²) in [6, 6.07) is 0.619. The van der Waals surface area contributed by atoms with Crippen LogP contribution < -0.4 is 27.6 Å². The molecule has 0 saturated heterocycles. The van der Waals surface area contributed by atoms with Gasteiger partial charge in [-0.15, -0.1) is 0 Å². The van der Waals surface area contributed by atoms with E-state index in [1.54, 1.807) is 0 Å². The van der Waals surface area contributed by atoms with Crippen LogP contribution >= 0.6 is 0 Å². The average Bonchev–Trinajstić information content (AvgIpc) is 2.34. The van der Waals surface area contributed by atoms with Crippen molar-refractivity contribution in [3.8, 4) is 0 Å². The summed E-state index contributed by atoms with van der Waals surface area (Å²) in [5, 5.41) is 3.33. The lowest BCUT2D eigenvalue weighted by atomic mass is 9.96. The predicted octanol–water partition coefficient (Wildman–Crippen LogP) is -0.363. The minimum atomic E-state index is 0.232. The van der Waals surface area contributed by atoms with Crippen LogP contribution in [0.25, 0.3) is 0 Å². The van der Waals surface area contributed by atoms with E-state index in [0.717, 1.165) is 13.0 Å². The summed E-state index contributed by atoms with van der Waals surface area (Å²) in [6.45, 7) is 2.16. The number of hydrogen-bond donors (Lipinski definition) is 5. The summed E-state index contributed by atoms with van der Waals surface area (Å²) in [7, 11) is 0. The van der Waals surface area contributed by atoms with Gasteiger partial charge >= 0.3 is 0 Å². The molecule has 1 aliphatic carbocycles. The Labute approximate surface area is 98.7 Å². The largest absolute Gasteiger partial charge is 0.330 e. The molecule has 96 valence electrons. The van der Waals surface area contributed by atoms with Gasteiger partial charge in [-0.3, -0.25) is 10.7 Å². The number of hydrazine groups is 1. The molecule has 0 radical (unpaired) electrons. The molecule has 1 saturated carbocycles. The van der Waals surface area contributed by atoms with Crippen LogP contribution in [0.15, 0.2) is 0 Å². The lowest BCUT2D eigenvalue weighted by Crippen LogP contribution is -2.54. The molecule has 0 aliphatic heterocycles. The van der Waals surface area contributed by atoms with Crippen LogP contribution in [-0.2, 0) is 0 Å². The first-order valence-corrected chi connectivity index (χ1v) is 6.51. The van der Waals surface area contributed by atoms with Crippen molar-refractivity contribution >= 4 is 0 Å². The second-order valence-electron chi connectivity index (χ2n) is 4.50. The monoisotopic (exact) mass is 229 g/mol. The third-order valence-electron chi connectivity index (χ3n) is 3.06. The summed E-state index contributed by atoms with van der Waals surface area (Å²) in [4.78, 5) is 0. The van der Waals surface area contributed by atoms with Crippen LogP contribution in [0.1, 0.15) is 38.5 Å². The molecule has 0 bridgehead atoms. The fourth-order valence-corrected chi connectivity index (χ4v) is 2.11. The summed E-state index contributed by atoms with van der Waals surface area (Å²) >= 11 is 0. The molecule has 1 fully saturated rings. The van der Waals surface area contributed by atoms with E-state index in [2.05, 4.69) is 16.2 Å². The quantitative estimate of drug-likeness (QED) is 0.290. The average molecular weight is 229 g/mol. The van der Waals surface area contributed by atoms with Crippen LogP contribution in [-0.4, -0.2) is 31.8 Å². The van der Waals surface area contributed by atoms with Gasteiger partial charge in [0.2, 0.25) is 0 Å². The van der Waals surface area contributed by atoms with Crippen molar-refractivity contribution in [1.29, 1.82) is 0 Å². The molecule has 1 aliphatic rings. The second kappa shape index (κ2) is 8.90. The maximum atomic E-state index is 5.57. The Morgan fingerprint density at radius 1 is 1.06 bits per heavy atom. The molecule has 0 aromatic heterocycles. The summed E-state index contributed by atoms with van der Waals surface area (Å²) in [5.41, 5.74) is 17.8. The van der Waals surface area contributed by atoms with Gasteiger partial charge in [0.25, 0.3) is 0 Å². The first-order chi connectivity index (χ1) is 7.86. The Kier molecular flexibility index (Phi) is 7.71. The second-order valence-corrected chi connectivity index (χ2v) is 4.50. The summed E-state index contributed by atoms with van der Waals surface area (Å²) in [6.07, 6.45) is 7.78. The fourth-order valence-electron chi connectivity index (χ4n) is 2.11. The van der Waals surface area contributed by atoms with Crippen LogP contribution in [0.2, 0.25) is 0 Å². The van der Waals surface area contributed by atoms with Crippen molar-refractivity contribution in [2.45, 2.75) is 50.7 Å². The van der Waals surface area contributed by atoms with E-state index in [-0.39, 0.29) is 6.17 Å². The Bertz CT molecular complexity index is 158. The molecular formula is C11H27N5. The Morgan fingerprint density at radius 3 is 2.44 bits per heavy atom. The molecule has 7 N–H and O–H groups in total. The van der Waals surface area contributed by atoms with Crippen molar-refractivity contribution in [3.63, 3.8) is 0 Å². The number of hydrogen-bond acceptors (Lipinski definition) is 5. The first-order valence-electron chi connectivity index (χ1n) is 6.51. The van der Waals surface area contributed by atoms with Gasteiger partial charge in [0.1, 0.15) is 0 Å². The molecule has 1 unspecified atom stereocenters. The van der Waals surface area contributed by atoms with E-state index in [4.69, 9.17) is 11.5 Å². The van der Waals surface area contributed by atoms with Gasteiger partial charge in [0.05, 0.1) is 6.17 Å². The minimum Gasteiger partial charge on any atom is -0.330 e. The van der Waals surface area contributed by atoms with Crippen LogP contribution in [0.3, 0.4) is 0 Å². The highest BCUT2D eigenvalue weighted by Gasteiger charge is 2.14.